The third-order valence-electron chi connectivity index (χ3n) is 5.53. The maximum atomic E-state index is 12.5. The van der Waals surface area contributed by atoms with Crippen molar-refractivity contribution in [3.63, 3.8) is 0 Å². The lowest BCUT2D eigenvalue weighted by Gasteiger charge is -2.27. The Hall–Kier alpha value is -3.18. The number of nitrogens with zero attached hydrogens (tertiary/aromatic N) is 4. The maximum Gasteiger partial charge on any atom is 0.242 e. The predicted octanol–water partition coefficient (Wildman–Crippen LogP) is 2.79. The lowest BCUT2D eigenvalue weighted by molar-refractivity contribution is -0.135. The molecule has 2 aromatic rings. The number of benzene rings is 1. The van der Waals surface area contributed by atoms with Gasteiger partial charge in [0.2, 0.25) is 11.8 Å². The summed E-state index contributed by atoms with van der Waals surface area (Å²) in [7, 11) is 0. The van der Waals surface area contributed by atoms with E-state index in [1.807, 2.05) is 39.9 Å². The summed E-state index contributed by atoms with van der Waals surface area (Å²) in [5.41, 5.74) is 1.24. The van der Waals surface area contributed by atoms with Gasteiger partial charge in [-0.2, -0.15) is 10.2 Å². The summed E-state index contributed by atoms with van der Waals surface area (Å²) in [5, 5.41) is 12.0. The van der Waals surface area contributed by atoms with Crippen LogP contribution in [0.5, 0.6) is 0 Å². The molecule has 1 aromatic carbocycles. The second-order valence-corrected chi connectivity index (χ2v) is 7.65. The number of carbonyl (C=O) groups is 2. The summed E-state index contributed by atoms with van der Waals surface area (Å²) < 4.78 is 7.24. The van der Waals surface area contributed by atoms with Crippen molar-refractivity contribution in [1.82, 2.24) is 9.47 Å². The number of aromatic nitrogens is 1. The van der Waals surface area contributed by atoms with Crippen LogP contribution >= 0.6 is 0 Å². The molecule has 0 aliphatic carbocycles. The summed E-state index contributed by atoms with van der Waals surface area (Å²) in [4.78, 5) is 26.7. The van der Waals surface area contributed by atoms with Gasteiger partial charge >= 0.3 is 0 Å². The number of amides is 2. The molecule has 8 nitrogen and oxygen atoms in total. The molecule has 0 bridgehead atoms. The third-order valence-corrected chi connectivity index (χ3v) is 5.53. The number of carbonyl (C=O) groups excluding carboxylic acids is 2. The van der Waals surface area contributed by atoms with Crippen LogP contribution in [0.1, 0.15) is 25.7 Å². The summed E-state index contributed by atoms with van der Waals surface area (Å²) >= 11 is 0. The molecule has 1 fully saturated rings. The smallest absolute Gasteiger partial charge is 0.242 e. The largest absolute Gasteiger partial charge is 0.378 e. The van der Waals surface area contributed by atoms with Crippen LogP contribution in [0.3, 0.4) is 0 Å². The highest BCUT2D eigenvalue weighted by atomic mass is 16.5. The van der Waals surface area contributed by atoms with Crippen molar-refractivity contribution in [3.05, 3.63) is 30.5 Å². The number of hydrogen-bond donors (Lipinski definition) is 1. The average molecular weight is 407 g/mol. The van der Waals surface area contributed by atoms with Crippen molar-refractivity contribution in [2.75, 3.05) is 31.6 Å². The van der Waals surface area contributed by atoms with Crippen molar-refractivity contribution >= 4 is 28.4 Å². The van der Waals surface area contributed by atoms with Crippen LogP contribution in [0.2, 0.25) is 0 Å². The van der Waals surface area contributed by atoms with Crippen LogP contribution in [-0.2, 0) is 20.9 Å². The van der Waals surface area contributed by atoms with E-state index in [1.165, 1.54) is 0 Å². The minimum Gasteiger partial charge on any atom is -0.378 e. The molecular formula is C22H25N5O3. The predicted molar refractivity (Wildman–Crippen MR) is 113 cm³/mol. The highest BCUT2D eigenvalue weighted by Crippen LogP contribution is 2.37. The van der Waals surface area contributed by atoms with E-state index in [1.54, 1.807) is 0 Å². The Bertz CT molecular complexity index is 1010. The first-order valence-corrected chi connectivity index (χ1v) is 10.2. The number of rotatable bonds is 8. The second kappa shape index (κ2) is 8.67. The zero-order chi connectivity index (χ0) is 21.0. The monoisotopic (exact) mass is 407 g/mol. The van der Waals surface area contributed by atoms with Crippen molar-refractivity contribution in [2.45, 2.75) is 37.9 Å². The molecule has 4 rings (SSSR count). The molecule has 1 saturated heterocycles. The Morgan fingerprint density at radius 2 is 2.00 bits per heavy atom. The molecule has 2 amide bonds. The maximum absolute atomic E-state index is 12.5. The van der Waals surface area contributed by atoms with Gasteiger partial charge in [-0.15, -0.1) is 12.3 Å². The van der Waals surface area contributed by atoms with Crippen molar-refractivity contribution < 1.29 is 14.3 Å². The quantitative estimate of drug-likeness (QED) is 0.683. The second-order valence-electron chi connectivity index (χ2n) is 7.65. The van der Waals surface area contributed by atoms with Crippen LogP contribution in [0.15, 0.2) is 40.7 Å². The molecule has 2 aliphatic heterocycles. The van der Waals surface area contributed by atoms with E-state index in [9.17, 15) is 9.59 Å². The zero-order valence-corrected chi connectivity index (χ0v) is 16.8. The highest BCUT2D eigenvalue weighted by Gasteiger charge is 2.39. The summed E-state index contributed by atoms with van der Waals surface area (Å²) in [5.74, 6) is 2.60. The topological polar surface area (TPSA) is 88.3 Å². The number of anilines is 1. The molecular weight excluding hydrogens is 382 g/mol. The first-order valence-electron chi connectivity index (χ1n) is 10.2. The van der Waals surface area contributed by atoms with E-state index in [4.69, 9.17) is 11.2 Å². The van der Waals surface area contributed by atoms with Gasteiger partial charge in [-0.1, -0.05) is 0 Å². The third kappa shape index (κ3) is 4.69. The minimum atomic E-state index is -0.447. The molecule has 0 saturated carbocycles. The van der Waals surface area contributed by atoms with E-state index in [0.29, 0.717) is 58.5 Å². The number of nitrogens with one attached hydrogen (secondary N) is 1. The summed E-state index contributed by atoms with van der Waals surface area (Å²) in [6, 6.07) is 7.66. The van der Waals surface area contributed by atoms with Crippen LogP contribution in [0.4, 0.5) is 5.69 Å². The van der Waals surface area contributed by atoms with Crippen molar-refractivity contribution in [2.24, 2.45) is 10.2 Å². The fourth-order valence-corrected chi connectivity index (χ4v) is 3.68. The Labute approximate surface area is 175 Å². The SMILES string of the molecule is C#CCCC1(CCC(=O)Nc2ccc3c(ccn3CC(=O)N3CCOCC3)c2)N=N1. The fourth-order valence-electron chi connectivity index (χ4n) is 3.68. The number of ether oxygens (including phenoxy) is 1. The summed E-state index contributed by atoms with van der Waals surface area (Å²) in [6.07, 6.45) is 9.41. The van der Waals surface area contributed by atoms with Crippen molar-refractivity contribution in [1.29, 1.82) is 0 Å². The lowest BCUT2D eigenvalue weighted by Crippen LogP contribution is -2.42. The number of terminal acetylenes is 1. The first-order chi connectivity index (χ1) is 14.6. The fraction of sp³-hybridized carbons (Fsp3) is 0.455. The number of fused-ring (bicyclic) bond motifs is 1. The molecule has 0 spiro atoms. The van der Waals surface area contributed by atoms with Crippen LogP contribution in [0, 0.1) is 12.3 Å². The van der Waals surface area contributed by atoms with Crippen LogP contribution in [0.25, 0.3) is 10.9 Å². The van der Waals surface area contributed by atoms with E-state index in [-0.39, 0.29) is 11.8 Å². The van der Waals surface area contributed by atoms with Crippen LogP contribution in [-0.4, -0.2) is 53.2 Å². The normalized spacial score (nSPS) is 17.0. The number of morpholine rings is 1. The standard InChI is InChI=1S/C22H25N5O3/c1-2-3-8-22(24-25-22)9-6-20(28)23-18-4-5-19-17(15-18)7-10-27(19)16-21(29)26-11-13-30-14-12-26/h1,4-5,7,10,15H,3,6,8-9,11-14,16H2,(H,23,28). The molecule has 156 valence electrons. The highest BCUT2D eigenvalue weighted by molar-refractivity contribution is 5.94. The molecule has 1 N–H and O–H groups in total. The van der Waals surface area contributed by atoms with E-state index in [2.05, 4.69) is 21.5 Å². The molecule has 0 radical (unpaired) electrons. The minimum absolute atomic E-state index is 0.0753. The van der Waals surface area contributed by atoms with Gasteiger partial charge in [0.15, 0.2) is 5.66 Å². The number of hydrogen-bond acceptors (Lipinski definition) is 5. The Morgan fingerprint density at radius 1 is 1.20 bits per heavy atom. The van der Waals surface area contributed by atoms with Gasteiger partial charge in [-0.3, -0.25) is 9.59 Å². The van der Waals surface area contributed by atoms with Gasteiger partial charge in [0.25, 0.3) is 0 Å². The zero-order valence-electron chi connectivity index (χ0n) is 16.8. The molecule has 1 aromatic heterocycles. The Balaban J connectivity index is 1.33. The first kappa shape index (κ1) is 20.1. The van der Waals surface area contributed by atoms with Gasteiger partial charge in [-0.25, -0.2) is 0 Å². The van der Waals surface area contributed by atoms with E-state index in [0.717, 1.165) is 16.6 Å². The molecule has 8 heteroatoms. The van der Waals surface area contributed by atoms with Crippen molar-refractivity contribution in [3.8, 4) is 12.3 Å². The molecule has 2 aliphatic rings. The van der Waals surface area contributed by atoms with E-state index < -0.39 is 5.66 Å². The Kier molecular flexibility index (Phi) is 5.81. The van der Waals surface area contributed by atoms with Crippen LogP contribution < -0.4 is 5.32 Å². The molecule has 3 heterocycles. The summed E-state index contributed by atoms with van der Waals surface area (Å²) in [6.45, 7) is 2.75. The van der Waals surface area contributed by atoms with Gasteiger partial charge in [0.1, 0.15) is 6.54 Å². The van der Waals surface area contributed by atoms with Gasteiger partial charge in [-0.05, 0) is 24.3 Å². The van der Waals surface area contributed by atoms with Gasteiger partial charge < -0.3 is 19.5 Å². The molecule has 0 unspecified atom stereocenters. The van der Waals surface area contributed by atoms with Gasteiger partial charge in [0.05, 0.1) is 13.2 Å². The lowest BCUT2D eigenvalue weighted by atomic mass is 10.0. The molecule has 0 atom stereocenters. The Morgan fingerprint density at radius 3 is 2.73 bits per heavy atom. The van der Waals surface area contributed by atoms with E-state index >= 15 is 0 Å². The molecule has 30 heavy (non-hydrogen) atoms. The average Bonchev–Trinajstić information content (AvgIpc) is 3.44. The van der Waals surface area contributed by atoms with Gasteiger partial charge in [0, 0.05) is 61.6 Å².